The average Bonchev–Trinajstić information content (AvgIpc) is 1.57. The predicted molar refractivity (Wildman–Crippen MR) is 575 cm³/mol. The molecule has 25 nitrogen and oxygen atoms in total. The average molecular weight is 2040 g/mol. The first-order valence-electron chi connectivity index (χ1n) is 43.8. The van der Waals surface area contributed by atoms with E-state index in [1.165, 1.54) is 31.7 Å². The maximum atomic E-state index is 13.3. The van der Waals surface area contributed by atoms with E-state index in [0.717, 1.165) is 82.7 Å². The number of aryl methyl sites for hydroxylation is 3. The van der Waals surface area contributed by atoms with Crippen LogP contribution in [0.4, 0.5) is 4.39 Å². The number of aromatic hydroxyl groups is 1. The standard InChI is InChI=1S/C21H13BrN2O2.C21H13ClN2O2.C21H13FN2O2.C16H12N2O2.C15H9ClN2O2.C15H10N2O3.5CH4.ClH/c3*22-14-9-7-13(8-10-14)12-24-16-5-2-1-4-15(16)20(25)18-19(24)17-6-3-11-23(17)21(18)26;1-2-17-11-7-4-3-6-10(11)15(19)13-14(17)12-8-5-9-18(12)16(13)20;1-17-10-5-4-8(16)7-9(10)14(19)12-13(17)11-3-2-6-18(11)15(12)20;1-16-8-4-2-6-10(18)11(8)14(19)12-13(16)9-5-3-7-17(9)15(12)20;;;;;;/h3*1-11H,12H2;3-9H,2H2,1H3;2-7H,1H3;2-7,19H,1H3;5*1H4;1H. The second-order valence-corrected chi connectivity index (χ2v) is 35.4. The van der Waals surface area contributed by atoms with Gasteiger partial charge in [0, 0.05) is 119 Å². The molecule has 22 aromatic rings. The van der Waals surface area contributed by atoms with Crippen molar-refractivity contribution in [3.05, 3.63) is 453 Å². The highest BCUT2D eigenvalue weighted by molar-refractivity contribution is 9.10. The van der Waals surface area contributed by atoms with Gasteiger partial charge in [-0.15, -0.1) is 12.4 Å². The van der Waals surface area contributed by atoms with E-state index in [9.17, 15) is 67.0 Å². The third-order valence-electron chi connectivity index (χ3n) is 26.1. The van der Waals surface area contributed by atoms with E-state index in [2.05, 4.69) is 20.5 Å². The molecule has 0 saturated carbocycles. The number of aromatic nitrogens is 12. The van der Waals surface area contributed by atoms with Crippen molar-refractivity contribution in [2.45, 2.75) is 70.2 Å². The summed E-state index contributed by atoms with van der Waals surface area (Å²) in [5.41, 5.74) is 15.7. The lowest BCUT2D eigenvalue weighted by atomic mass is 10.1. The summed E-state index contributed by atoms with van der Waals surface area (Å²) in [6.07, 6.45) is 10.1. The predicted octanol–water partition coefficient (Wildman–Crippen LogP) is 22.3. The van der Waals surface area contributed by atoms with E-state index in [1.54, 1.807) is 153 Å². The van der Waals surface area contributed by atoms with Crippen LogP contribution in [0.3, 0.4) is 0 Å². The highest BCUT2D eigenvalue weighted by Gasteiger charge is 2.39. The van der Waals surface area contributed by atoms with Crippen molar-refractivity contribution in [1.29, 1.82) is 0 Å². The summed E-state index contributed by atoms with van der Waals surface area (Å²) in [6.45, 7) is 4.28. The third-order valence-corrected chi connectivity index (χ3v) is 27.1. The normalized spacial score (nSPS) is 11.9. The van der Waals surface area contributed by atoms with E-state index in [0.29, 0.717) is 108 Å². The van der Waals surface area contributed by atoms with Gasteiger partial charge in [0.15, 0.2) is 5.43 Å². The van der Waals surface area contributed by atoms with Crippen LogP contribution in [0.2, 0.25) is 10.0 Å². The molecule has 0 radical (unpaired) electrons. The summed E-state index contributed by atoms with van der Waals surface area (Å²) >= 11 is 15.4. The van der Waals surface area contributed by atoms with Gasteiger partial charge in [-0.1, -0.05) is 167 Å². The van der Waals surface area contributed by atoms with Crippen LogP contribution in [-0.4, -0.2) is 89.3 Å². The highest BCUT2D eigenvalue weighted by atomic mass is 79.9. The Morgan fingerprint density at radius 3 is 1.03 bits per heavy atom. The van der Waals surface area contributed by atoms with Crippen LogP contribution in [0.1, 0.15) is 113 Å². The lowest BCUT2D eigenvalue weighted by Crippen LogP contribution is -2.20. The fourth-order valence-electron chi connectivity index (χ4n) is 19.9. The zero-order chi connectivity index (χ0) is 95.4. The summed E-state index contributed by atoms with van der Waals surface area (Å²) in [4.78, 5) is 152. The minimum atomic E-state index is -0.307. The van der Waals surface area contributed by atoms with Crippen LogP contribution < -0.4 is 38.1 Å². The van der Waals surface area contributed by atoms with E-state index < -0.39 is 0 Å². The minimum absolute atomic E-state index is 0. The largest absolute Gasteiger partial charge is 0.506 e. The van der Waals surface area contributed by atoms with Crippen molar-refractivity contribution in [2.24, 2.45) is 14.1 Å². The Bertz CT molecular complexity index is 9110. The SMILES string of the molecule is C.C.C.C.C.CCn1c2c(c(=O)c3ccccc31)C(=O)n1cccc1-2.Cl.Cn1c2c(c(=O)c3cc(Cl)ccc31)C(=O)n1cccc1-2.Cn1c2cccc(=O)c2c(O)c2c(=O)n3cccc3c21.O=C1c2c(n(Cc3ccc(Br)cc3)c3ccccc3c2=O)-c2cccn21.O=C1c2c(n(Cc3ccc(Cl)cc3)c3ccccc3c2=O)-c2cccn21.O=C1c2c(n(Cc3ccc(F)cc3)c3ccccc3c2=O)-c2cccn21. The molecule has 1 N–H and O–H groups in total. The summed E-state index contributed by atoms with van der Waals surface area (Å²) in [7, 11) is 3.64. The van der Waals surface area contributed by atoms with Gasteiger partial charge in [-0.25, -0.2) is 4.39 Å². The maximum Gasteiger partial charge on any atom is 0.268 e. The van der Waals surface area contributed by atoms with Gasteiger partial charge in [0.1, 0.15) is 44.8 Å². The van der Waals surface area contributed by atoms with Crippen molar-refractivity contribution >= 4 is 163 Å². The second-order valence-electron chi connectivity index (χ2n) is 33.6. The number of nitrogens with zero attached hydrogens (tertiary/aromatic N) is 12. The van der Waals surface area contributed by atoms with Crippen LogP contribution in [0, 0.1) is 5.82 Å². The number of halogens is 5. The van der Waals surface area contributed by atoms with Crippen molar-refractivity contribution in [3.63, 3.8) is 0 Å². The Morgan fingerprint density at radius 1 is 0.312 bits per heavy atom. The molecule has 13 aromatic heterocycles. The Hall–Kier alpha value is -17.0. The molecule has 0 spiro atoms. The number of hydrogen-bond acceptors (Lipinski definition) is 13. The summed E-state index contributed by atoms with van der Waals surface area (Å²) in [5, 5.41) is 14.6. The number of para-hydroxylation sites is 4. The third kappa shape index (κ3) is 15.7. The van der Waals surface area contributed by atoms with Gasteiger partial charge in [0.25, 0.3) is 35.1 Å². The molecule has 9 aromatic carbocycles. The summed E-state index contributed by atoms with van der Waals surface area (Å²) < 4.78 is 35.2. The van der Waals surface area contributed by atoms with Crippen LogP contribution in [-0.2, 0) is 40.3 Å². The Morgan fingerprint density at radius 2 is 0.632 bits per heavy atom. The van der Waals surface area contributed by atoms with Crippen LogP contribution in [0.15, 0.2) is 354 Å². The van der Waals surface area contributed by atoms with E-state index in [-0.39, 0.29) is 162 Å². The Labute approximate surface area is 844 Å². The molecule has 0 saturated heterocycles. The molecule has 30 heteroatoms. The first kappa shape index (κ1) is 100. The number of carbonyl (C=O) groups is 5. The molecule has 5 aliphatic heterocycles. The van der Waals surface area contributed by atoms with Gasteiger partial charge in [-0.3, -0.25) is 84.8 Å². The van der Waals surface area contributed by atoms with Gasteiger partial charge >= 0.3 is 0 Å². The van der Waals surface area contributed by atoms with Crippen LogP contribution in [0.25, 0.3) is 139 Å². The molecule has 0 amide bonds. The molecule has 0 fully saturated rings. The molecule has 720 valence electrons. The van der Waals surface area contributed by atoms with Crippen molar-refractivity contribution in [3.8, 4) is 62.7 Å². The first-order chi connectivity index (χ1) is 66.9. The fraction of sp³-hybridized carbons (Fsp3) is 0.105. The number of pyridine rings is 6. The molecule has 27 rings (SSSR count). The minimum Gasteiger partial charge on any atom is -0.506 e. The van der Waals surface area contributed by atoms with Gasteiger partial charge in [0.05, 0.1) is 106 Å². The molecule has 0 atom stereocenters. The Balaban J connectivity index is 0.000000123. The monoisotopic (exact) mass is 2040 g/mol. The van der Waals surface area contributed by atoms with E-state index >= 15 is 0 Å². The molecular formula is C114H91BrCl3FN12O13. The molecule has 0 unspecified atom stereocenters. The van der Waals surface area contributed by atoms with Crippen LogP contribution >= 0.6 is 51.5 Å². The summed E-state index contributed by atoms with van der Waals surface area (Å²) in [5.74, 6) is -1.84. The lowest BCUT2D eigenvalue weighted by Gasteiger charge is -2.16. The summed E-state index contributed by atoms with van der Waals surface area (Å²) in [6, 6.07) is 83.4. The van der Waals surface area contributed by atoms with E-state index in [4.69, 9.17) is 23.2 Å². The maximum absolute atomic E-state index is 13.3. The number of fused-ring (bicyclic) bond motifs is 24. The number of hydrogen-bond donors (Lipinski definition) is 1. The zero-order valence-electron chi connectivity index (χ0n) is 73.5. The van der Waals surface area contributed by atoms with Crippen molar-refractivity contribution in [1.82, 2.24) is 54.6 Å². The van der Waals surface area contributed by atoms with Gasteiger partial charge < -0.3 is 32.5 Å². The van der Waals surface area contributed by atoms with Gasteiger partial charge in [-0.05, 0) is 212 Å². The van der Waals surface area contributed by atoms with Crippen molar-refractivity contribution < 1.29 is 33.5 Å². The van der Waals surface area contributed by atoms with Gasteiger partial charge in [-0.2, -0.15) is 0 Å². The number of benzene rings is 9. The fourth-order valence-corrected chi connectivity index (χ4v) is 20.5. The van der Waals surface area contributed by atoms with Gasteiger partial charge in [0.2, 0.25) is 27.1 Å². The molecule has 0 bridgehead atoms. The van der Waals surface area contributed by atoms with Crippen LogP contribution in [0.5, 0.6) is 5.75 Å². The molecule has 5 aliphatic rings. The molecule has 0 aliphatic carbocycles. The molecule has 18 heterocycles. The number of carbonyl (C=O) groups excluding carboxylic acids is 5. The smallest absolute Gasteiger partial charge is 0.268 e. The van der Waals surface area contributed by atoms with E-state index in [1.807, 2.05) is 202 Å². The number of rotatable bonds is 7. The molecule has 144 heavy (non-hydrogen) atoms. The topological polar surface area (TPSA) is 284 Å². The Kier molecular flexibility index (Phi) is 27.0. The quantitative estimate of drug-likeness (QED) is 0.155. The second kappa shape index (κ2) is 38.9. The molecular weight excluding hydrogens is 1950 g/mol. The highest BCUT2D eigenvalue weighted by Crippen LogP contribution is 2.41. The van der Waals surface area contributed by atoms with Crippen molar-refractivity contribution in [2.75, 3.05) is 0 Å². The lowest BCUT2D eigenvalue weighted by molar-refractivity contribution is 0.0960. The zero-order valence-corrected chi connectivity index (χ0v) is 77.4. The first-order valence-corrected chi connectivity index (χ1v) is 45.3.